The van der Waals surface area contributed by atoms with Crippen LogP contribution in [-0.2, 0) is 23.1 Å². The molecule has 114 valence electrons. The van der Waals surface area contributed by atoms with Crippen LogP contribution in [0.25, 0.3) is 0 Å². The first-order valence-electron chi connectivity index (χ1n) is 6.82. The van der Waals surface area contributed by atoms with Crippen molar-refractivity contribution < 1.29 is 12.8 Å². The molecule has 0 saturated heterocycles. The van der Waals surface area contributed by atoms with E-state index in [9.17, 15) is 8.42 Å². The van der Waals surface area contributed by atoms with Crippen LogP contribution in [0.3, 0.4) is 0 Å². The van der Waals surface area contributed by atoms with Gasteiger partial charge in [0.2, 0.25) is 10.0 Å². The van der Waals surface area contributed by atoms with Gasteiger partial charge in [-0.25, -0.2) is 13.1 Å². The van der Waals surface area contributed by atoms with E-state index < -0.39 is 10.0 Å². The molecule has 0 aliphatic rings. The summed E-state index contributed by atoms with van der Waals surface area (Å²) in [7, 11) is -3.27. The summed E-state index contributed by atoms with van der Waals surface area (Å²) in [5.41, 5.74) is 0.945. The second-order valence-corrected chi connectivity index (χ2v) is 6.74. The molecule has 2 N–H and O–H groups in total. The highest BCUT2D eigenvalue weighted by Gasteiger charge is 2.09. The second kappa shape index (κ2) is 7.40. The monoisotopic (exact) mass is 308 g/mol. The lowest BCUT2D eigenvalue weighted by atomic mass is 10.2. The van der Waals surface area contributed by atoms with E-state index in [0.29, 0.717) is 19.6 Å². The molecule has 5 nitrogen and oxygen atoms in total. The Bertz CT molecular complexity index is 651. The molecule has 0 spiro atoms. The first-order valence-corrected chi connectivity index (χ1v) is 8.48. The lowest BCUT2D eigenvalue weighted by Crippen LogP contribution is -2.31. The van der Waals surface area contributed by atoms with E-state index in [1.807, 2.05) is 49.4 Å². The molecule has 0 unspecified atom stereocenters. The summed E-state index contributed by atoms with van der Waals surface area (Å²) in [5, 5.41) is 3.06. The van der Waals surface area contributed by atoms with Crippen LogP contribution in [0.1, 0.15) is 17.1 Å². The Kier molecular flexibility index (Phi) is 5.55. The summed E-state index contributed by atoms with van der Waals surface area (Å²) in [6, 6.07) is 13.2. The van der Waals surface area contributed by atoms with Crippen LogP contribution in [0.2, 0.25) is 0 Å². The topological polar surface area (TPSA) is 71.3 Å². The molecule has 21 heavy (non-hydrogen) atoms. The summed E-state index contributed by atoms with van der Waals surface area (Å²) in [5.74, 6) is 1.70. The van der Waals surface area contributed by atoms with Crippen molar-refractivity contribution in [1.29, 1.82) is 0 Å². The average molecular weight is 308 g/mol. The van der Waals surface area contributed by atoms with Gasteiger partial charge in [0.05, 0.1) is 12.3 Å². The van der Waals surface area contributed by atoms with E-state index in [-0.39, 0.29) is 5.75 Å². The highest BCUT2D eigenvalue weighted by Crippen LogP contribution is 2.05. The van der Waals surface area contributed by atoms with Gasteiger partial charge in [-0.05, 0) is 24.6 Å². The van der Waals surface area contributed by atoms with E-state index in [4.69, 9.17) is 4.42 Å². The highest BCUT2D eigenvalue weighted by atomic mass is 32.2. The number of furan rings is 1. The Morgan fingerprint density at radius 3 is 2.48 bits per heavy atom. The predicted molar refractivity (Wildman–Crippen MR) is 82.2 cm³/mol. The molecule has 2 aromatic rings. The second-order valence-electron chi connectivity index (χ2n) is 4.81. The molecule has 2 rings (SSSR count). The maximum absolute atomic E-state index is 11.8. The molecular weight excluding hydrogens is 288 g/mol. The minimum atomic E-state index is -3.27. The van der Waals surface area contributed by atoms with Crippen LogP contribution in [0.15, 0.2) is 46.9 Å². The smallest absolute Gasteiger partial charge is 0.213 e. The summed E-state index contributed by atoms with van der Waals surface area (Å²) in [4.78, 5) is 0. The van der Waals surface area contributed by atoms with Crippen LogP contribution in [0, 0.1) is 6.92 Å². The fourth-order valence-corrected chi connectivity index (χ4v) is 2.80. The Labute approximate surface area is 125 Å². The molecule has 0 amide bonds. The molecule has 0 atom stereocenters. The number of nitrogens with one attached hydrogen (secondary N) is 2. The number of rotatable bonds is 8. The SMILES string of the molecule is Cc1ccc(CNCCS(=O)(=O)NCc2ccccc2)o1. The number of sulfonamides is 1. The molecule has 0 saturated carbocycles. The lowest BCUT2D eigenvalue weighted by molar-refractivity contribution is 0.465. The number of benzene rings is 1. The highest BCUT2D eigenvalue weighted by molar-refractivity contribution is 7.89. The Balaban J connectivity index is 1.69. The quantitative estimate of drug-likeness (QED) is 0.730. The van der Waals surface area contributed by atoms with Gasteiger partial charge in [-0.15, -0.1) is 0 Å². The zero-order chi connectivity index (χ0) is 15.1. The van der Waals surface area contributed by atoms with Crippen LogP contribution in [0.5, 0.6) is 0 Å². The zero-order valence-electron chi connectivity index (χ0n) is 12.0. The molecule has 1 aromatic carbocycles. The van der Waals surface area contributed by atoms with Crippen molar-refractivity contribution >= 4 is 10.0 Å². The summed E-state index contributed by atoms with van der Waals surface area (Å²) in [6.45, 7) is 3.11. The molecule has 0 radical (unpaired) electrons. The van der Waals surface area contributed by atoms with Crippen LogP contribution < -0.4 is 10.0 Å². The van der Waals surface area contributed by atoms with Gasteiger partial charge in [-0.3, -0.25) is 0 Å². The number of hydrogen-bond acceptors (Lipinski definition) is 4. The summed E-state index contributed by atoms with van der Waals surface area (Å²) in [6.07, 6.45) is 0. The fourth-order valence-electron chi connectivity index (χ4n) is 1.86. The molecule has 0 bridgehead atoms. The van der Waals surface area contributed by atoms with Crippen molar-refractivity contribution in [3.05, 3.63) is 59.5 Å². The van der Waals surface area contributed by atoms with E-state index in [1.165, 1.54) is 0 Å². The minimum Gasteiger partial charge on any atom is -0.465 e. The molecule has 6 heteroatoms. The predicted octanol–water partition coefficient (Wildman–Crippen LogP) is 1.80. The average Bonchev–Trinajstić information content (AvgIpc) is 2.88. The van der Waals surface area contributed by atoms with Crippen molar-refractivity contribution in [3.8, 4) is 0 Å². The maximum atomic E-state index is 11.8. The van der Waals surface area contributed by atoms with Gasteiger partial charge >= 0.3 is 0 Å². The third kappa shape index (κ3) is 5.71. The minimum absolute atomic E-state index is 0.0412. The van der Waals surface area contributed by atoms with Gasteiger partial charge in [-0.1, -0.05) is 30.3 Å². The molecule has 0 aliphatic heterocycles. The summed E-state index contributed by atoms with van der Waals surface area (Å²) >= 11 is 0. The maximum Gasteiger partial charge on any atom is 0.213 e. The first-order chi connectivity index (χ1) is 10.1. The van der Waals surface area contributed by atoms with E-state index >= 15 is 0 Å². The van der Waals surface area contributed by atoms with Crippen LogP contribution in [-0.4, -0.2) is 20.7 Å². The third-order valence-corrected chi connectivity index (χ3v) is 4.31. The molecule has 0 fully saturated rings. The van der Waals surface area contributed by atoms with Crippen molar-refractivity contribution in [2.75, 3.05) is 12.3 Å². The van der Waals surface area contributed by atoms with Crippen molar-refractivity contribution in [2.24, 2.45) is 0 Å². The van der Waals surface area contributed by atoms with E-state index in [2.05, 4.69) is 10.0 Å². The van der Waals surface area contributed by atoms with Crippen LogP contribution in [0.4, 0.5) is 0 Å². The van der Waals surface area contributed by atoms with Gasteiger partial charge in [0.15, 0.2) is 0 Å². The molecule has 0 aliphatic carbocycles. The van der Waals surface area contributed by atoms with Gasteiger partial charge in [0.25, 0.3) is 0 Å². The standard InChI is InChI=1S/C15H20N2O3S/c1-13-7-8-15(20-13)12-16-9-10-21(18,19)17-11-14-5-3-2-4-6-14/h2-8,16-17H,9-12H2,1H3. The van der Waals surface area contributed by atoms with E-state index in [1.54, 1.807) is 0 Å². The Hall–Kier alpha value is -1.63. The zero-order valence-corrected chi connectivity index (χ0v) is 12.8. The van der Waals surface area contributed by atoms with Gasteiger partial charge < -0.3 is 9.73 Å². The summed E-state index contributed by atoms with van der Waals surface area (Å²) < 4.78 is 31.7. The number of hydrogen-bond donors (Lipinski definition) is 2. The normalized spacial score (nSPS) is 11.7. The molecule has 1 aromatic heterocycles. The molecule has 1 heterocycles. The lowest BCUT2D eigenvalue weighted by Gasteiger charge is -2.07. The van der Waals surface area contributed by atoms with Crippen molar-refractivity contribution in [3.63, 3.8) is 0 Å². The molecular formula is C15H20N2O3S. The largest absolute Gasteiger partial charge is 0.465 e. The van der Waals surface area contributed by atoms with Crippen LogP contribution >= 0.6 is 0 Å². The van der Waals surface area contributed by atoms with Gasteiger partial charge in [0.1, 0.15) is 11.5 Å². The Morgan fingerprint density at radius 1 is 1.05 bits per heavy atom. The number of aryl methyl sites for hydroxylation is 1. The first kappa shape index (κ1) is 15.8. The van der Waals surface area contributed by atoms with Gasteiger partial charge in [0, 0.05) is 13.1 Å². The third-order valence-electron chi connectivity index (χ3n) is 2.98. The Morgan fingerprint density at radius 2 is 1.81 bits per heavy atom. The van der Waals surface area contributed by atoms with E-state index in [0.717, 1.165) is 17.1 Å². The fraction of sp³-hybridized carbons (Fsp3) is 0.333. The van der Waals surface area contributed by atoms with Gasteiger partial charge in [-0.2, -0.15) is 0 Å². The van der Waals surface area contributed by atoms with Crippen molar-refractivity contribution in [2.45, 2.75) is 20.0 Å². The van der Waals surface area contributed by atoms with Crippen molar-refractivity contribution in [1.82, 2.24) is 10.0 Å².